The SMILES string of the molecule is O=C(O)C(Nc1ccccc1)c1ccc(Cl)cc1F. The first-order chi connectivity index (χ1) is 9.08. The largest absolute Gasteiger partial charge is 0.479 e. The maximum absolute atomic E-state index is 13.8. The fourth-order valence-corrected chi connectivity index (χ4v) is 1.87. The Kier molecular flexibility index (Phi) is 4.02. The molecule has 0 amide bonds. The van der Waals surface area contributed by atoms with Crippen molar-refractivity contribution in [1.29, 1.82) is 0 Å². The molecule has 0 radical (unpaired) electrons. The smallest absolute Gasteiger partial charge is 0.330 e. The van der Waals surface area contributed by atoms with Gasteiger partial charge in [0.25, 0.3) is 0 Å². The number of para-hydroxylation sites is 1. The molecule has 2 aromatic rings. The number of nitrogens with one attached hydrogen (secondary N) is 1. The van der Waals surface area contributed by atoms with E-state index in [1.165, 1.54) is 12.1 Å². The van der Waals surface area contributed by atoms with E-state index in [1.807, 2.05) is 6.07 Å². The van der Waals surface area contributed by atoms with E-state index in [-0.39, 0.29) is 10.6 Å². The van der Waals surface area contributed by atoms with Gasteiger partial charge in [-0.15, -0.1) is 0 Å². The third-order valence-electron chi connectivity index (χ3n) is 2.61. The summed E-state index contributed by atoms with van der Waals surface area (Å²) in [5.41, 5.74) is 0.644. The van der Waals surface area contributed by atoms with Crippen LogP contribution in [0.15, 0.2) is 48.5 Å². The molecule has 2 aromatic carbocycles. The lowest BCUT2D eigenvalue weighted by Gasteiger charge is -2.16. The normalized spacial score (nSPS) is 11.9. The van der Waals surface area contributed by atoms with Crippen molar-refractivity contribution in [2.45, 2.75) is 6.04 Å². The van der Waals surface area contributed by atoms with Crippen molar-refractivity contribution in [3.63, 3.8) is 0 Å². The van der Waals surface area contributed by atoms with E-state index in [0.717, 1.165) is 6.07 Å². The lowest BCUT2D eigenvalue weighted by molar-refractivity contribution is -0.138. The predicted octanol–water partition coefficient (Wildman–Crippen LogP) is 3.72. The Morgan fingerprint density at radius 3 is 2.47 bits per heavy atom. The molecule has 5 heteroatoms. The first-order valence-electron chi connectivity index (χ1n) is 5.57. The van der Waals surface area contributed by atoms with E-state index >= 15 is 0 Å². The van der Waals surface area contributed by atoms with Gasteiger partial charge in [0.1, 0.15) is 5.82 Å². The fraction of sp³-hybridized carbons (Fsp3) is 0.0714. The Morgan fingerprint density at radius 2 is 1.89 bits per heavy atom. The molecule has 0 spiro atoms. The van der Waals surface area contributed by atoms with E-state index in [1.54, 1.807) is 24.3 Å². The third-order valence-corrected chi connectivity index (χ3v) is 2.84. The molecule has 1 unspecified atom stereocenters. The van der Waals surface area contributed by atoms with Gasteiger partial charge < -0.3 is 10.4 Å². The Hall–Kier alpha value is -2.07. The van der Waals surface area contributed by atoms with Crippen molar-refractivity contribution >= 4 is 23.3 Å². The van der Waals surface area contributed by atoms with Crippen LogP contribution in [0.5, 0.6) is 0 Å². The third kappa shape index (κ3) is 3.23. The van der Waals surface area contributed by atoms with Gasteiger partial charge in [0.2, 0.25) is 0 Å². The molecule has 98 valence electrons. The summed E-state index contributed by atoms with van der Waals surface area (Å²) in [7, 11) is 0. The predicted molar refractivity (Wildman–Crippen MR) is 71.9 cm³/mol. The Labute approximate surface area is 114 Å². The van der Waals surface area contributed by atoms with Crippen LogP contribution in [0.4, 0.5) is 10.1 Å². The zero-order valence-corrected chi connectivity index (χ0v) is 10.6. The fourth-order valence-electron chi connectivity index (χ4n) is 1.71. The Balaban J connectivity index is 2.33. The lowest BCUT2D eigenvalue weighted by atomic mass is 10.1. The van der Waals surface area contributed by atoms with Crippen LogP contribution >= 0.6 is 11.6 Å². The van der Waals surface area contributed by atoms with E-state index in [2.05, 4.69) is 5.32 Å². The van der Waals surface area contributed by atoms with Crippen LogP contribution in [-0.2, 0) is 4.79 Å². The van der Waals surface area contributed by atoms with Crippen LogP contribution in [0.2, 0.25) is 5.02 Å². The summed E-state index contributed by atoms with van der Waals surface area (Å²) in [6.07, 6.45) is 0. The first kappa shape index (κ1) is 13.4. The maximum Gasteiger partial charge on any atom is 0.330 e. The molecule has 0 aromatic heterocycles. The summed E-state index contributed by atoms with van der Waals surface area (Å²) in [6.45, 7) is 0. The highest BCUT2D eigenvalue weighted by atomic mass is 35.5. The van der Waals surface area contributed by atoms with Crippen molar-refractivity contribution in [1.82, 2.24) is 0 Å². The minimum atomic E-state index is -1.17. The summed E-state index contributed by atoms with van der Waals surface area (Å²) in [5.74, 6) is -1.81. The second-order valence-corrected chi connectivity index (χ2v) is 4.38. The van der Waals surface area contributed by atoms with Gasteiger partial charge in [0.15, 0.2) is 6.04 Å². The topological polar surface area (TPSA) is 49.3 Å². The van der Waals surface area contributed by atoms with Crippen LogP contribution in [0.3, 0.4) is 0 Å². The molecule has 0 saturated carbocycles. The van der Waals surface area contributed by atoms with Gasteiger partial charge in [-0.25, -0.2) is 9.18 Å². The van der Waals surface area contributed by atoms with Gasteiger partial charge in [0, 0.05) is 16.3 Å². The first-order valence-corrected chi connectivity index (χ1v) is 5.95. The number of hydrogen-bond acceptors (Lipinski definition) is 2. The Morgan fingerprint density at radius 1 is 1.21 bits per heavy atom. The maximum atomic E-state index is 13.8. The molecule has 3 nitrogen and oxygen atoms in total. The molecule has 2 N–H and O–H groups in total. The quantitative estimate of drug-likeness (QED) is 0.897. The molecule has 0 fully saturated rings. The molecule has 2 rings (SSSR count). The molecule has 0 saturated heterocycles. The zero-order chi connectivity index (χ0) is 13.8. The summed E-state index contributed by atoms with van der Waals surface area (Å²) < 4.78 is 13.8. The number of benzene rings is 2. The molecule has 0 aliphatic heterocycles. The van der Waals surface area contributed by atoms with Crippen LogP contribution in [-0.4, -0.2) is 11.1 Å². The molecule has 0 aliphatic carbocycles. The number of carbonyl (C=O) groups is 1. The second kappa shape index (κ2) is 5.71. The number of anilines is 1. The van der Waals surface area contributed by atoms with E-state index in [4.69, 9.17) is 11.6 Å². The van der Waals surface area contributed by atoms with Crippen LogP contribution in [0.25, 0.3) is 0 Å². The summed E-state index contributed by atoms with van der Waals surface area (Å²) in [4.78, 5) is 11.3. The molecule has 1 atom stereocenters. The number of carboxylic acid groups (broad SMARTS) is 1. The molecular formula is C14H11ClFNO2. The average molecular weight is 280 g/mol. The number of rotatable bonds is 4. The minimum absolute atomic E-state index is 0.0424. The number of aliphatic carboxylic acids is 1. The lowest BCUT2D eigenvalue weighted by Crippen LogP contribution is -2.21. The van der Waals surface area contributed by atoms with Gasteiger partial charge in [0.05, 0.1) is 0 Å². The summed E-state index contributed by atoms with van der Waals surface area (Å²) in [6, 6.07) is 11.5. The highest BCUT2D eigenvalue weighted by Gasteiger charge is 2.23. The molecule has 0 bridgehead atoms. The molecule has 19 heavy (non-hydrogen) atoms. The van der Waals surface area contributed by atoms with Crippen LogP contribution in [0.1, 0.15) is 11.6 Å². The number of carboxylic acids is 1. The van der Waals surface area contributed by atoms with Crippen molar-refractivity contribution in [3.05, 3.63) is 64.9 Å². The van der Waals surface area contributed by atoms with Gasteiger partial charge in [-0.2, -0.15) is 0 Å². The van der Waals surface area contributed by atoms with E-state index < -0.39 is 17.8 Å². The van der Waals surface area contributed by atoms with Crippen LogP contribution < -0.4 is 5.32 Å². The molecule has 0 aliphatic rings. The summed E-state index contributed by atoms with van der Waals surface area (Å²) in [5, 5.41) is 12.2. The average Bonchev–Trinajstić information content (AvgIpc) is 2.38. The number of halogens is 2. The van der Waals surface area contributed by atoms with Crippen LogP contribution in [0, 0.1) is 5.82 Å². The van der Waals surface area contributed by atoms with Crippen molar-refractivity contribution in [2.24, 2.45) is 0 Å². The van der Waals surface area contributed by atoms with E-state index in [9.17, 15) is 14.3 Å². The Bertz CT molecular complexity index is 589. The van der Waals surface area contributed by atoms with Crippen molar-refractivity contribution in [2.75, 3.05) is 5.32 Å². The van der Waals surface area contributed by atoms with Gasteiger partial charge in [-0.05, 0) is 24.3 Å². The minimum Gasteiger partial charge on any atom is -0.479 e. The highest BCUT2D eigenvalue weighted by molar-refractivity contribution is 6.30. The molecular weight excluding hydrogens is 269 g/mol. The van der Waals surface area contributed by atoms with E-state index in [0.29, 0.717) is 5.69 Å². The number of hydrogen-bond donors (Lipinski definition) is 2. The zero-order valence-electron chi connectivity index (χ0n) is 9.81. The summed E-state index contributed by atoms with van der Waals surface area (Å²) >= 11 is 5.65. The van der Waals surface area contributed by atoms with Gasteiger partial charge in [-0.1, -0.05) is 35.9 Å². The van der Waals surface area contributed by atoms with Crippen molar-refractivity contribution < 1.29 is 14.3 Å². The van der Waals surface area contributed by atoms with Gasteiger partial charge in [-0.3, -0.25) is 0 Å². The molecule has 0 heterocycles. The highest BCUT2D eigenvalue weighted by Crippen LogP contribution is 2.24. The standard InChI is InChI=1S/C14H11ClFNO2/c15-9-6-7-11(12(16)8-9)13(14(18)19)17-10-4-2-1-3-5-10/h1-8,13,17H,(H,18,19). The second-order valence-electron chi connectivity index (χ2n) is 3.95. The van der Waals surface area contributed by atoms with Gasteiger partial charge >= 0.3 is 5.97 Å². The van der Waals surface area contributed by atoms with Crippen molar-refractivity contribution in [3.8, 4) is 0 Å². The monoisotopic (exact) mass is 279 g/mol.